The second-order valence-corrected chi connectivity index (χ2v) is 5.53. The molecule has 102 valence electrons. The molecule has 0 unspecified atom stereocenters. The number of benzene rings is 1. The molecule has 1 heterocycles. The number of hydrogen-bond acceptors (Lipinski definition) is 3. The number of nitrogens with zero attached hydrogens (tertiary/aromatic N) is 2. The van der Waals surface area contributed by atoms with E-state index in [-0.39, 0.29) is 5.54 Å². The fourth-order valence-corrected chi connectivity index (χ4v) is 1.85. The van der Waals surface area contributed by atoms with Gasteiger partial charge in [0.1, 0.15) is 5.75 Å². The predicted molar refractivity (Wildman–Crippen MR) is 76.7 cm³/mol. The first-order valence-corrected chi connectivity index (χ1v) is 6.41. The highest BCUT2D eigenvalue weighted by Crippen LogP contribution is 2.23. The summed E-state index contributed by atoms with van der Waals surface area (Å²) in [6, 6.07) is 7.95. The van der Waals surface area contributed by atoms with Crippen molar-refractivity contribution in [1.82, 2.24) is 14.9 Å². The highest BCUT2D eigenvalue weighted by Gasteiger charge is 2.12. The highest BCUT2D eigenvalue weighted by atomic mass is 16.5. The van der Waals surface area contributed by atoms with E-state index in [2.05, 4.69) is 35.6 Å². The lowest BCUT2D eigenvalue weighted by Gasteiger charge is -2.21. The summed E-state index contributed by atoms with van der Waals surface area (Å²) in [5.41, 5.74) is 2.20. The molecule has 0 saturated heterocycles. The van der Waals surface area contributed by atoms with Gasteiger partial charge in [0.05, 0.1) is 24.8 Å². The number of methoxy groups -OCH3 is 1. The third kappa shape index (κ3) is 3.35. The van der Waals surface area contributed by atoms with Gasteiger partial charge in [-0.3, -0.25) is 4.57 Å². The zero-order chi connectivity index (χ0) is 13.9. The summed E-state index contributed by atoms with van der Waals surface area (Å²) >= 11 is 0. The van der Waals surface area contributed by atoms with Crippen LogP contribution >= 0.6 is 0 Å². The Morgan fingerprint density at radius 2 is 2.00 bits per heavy atom. The van der Waals surface area contributed by atoms with Gasteiger partial charge in [-0.25, -0.2) is 4.98 Å². The zero-order valence-corrected chi connectivity index (χ0v) is 12.0. The quantitative estimate of drug-likeness (QED) is 0.917. The maximum atomic E-state index is 5.40. The van der Waals surface area contributed by atoms with Crippen molar-refractivity contribution in [2.24, 2.45) is 0 Å². The zero-order valence-electron chi connectivity index (χ0n) is 12.0. The lowest BCUT2D eigenvalue weighted by molar-refractivity contribution is 0.409. The van der Waals surface area contributed by atoms with Crippen molar-refractivity contribution in [1.29, 1.82) is 0 Å². The van der Waals surface area contributed by atoms with Gasteiger partial charge in [-0.1, -0.05) is 12.1 Å². The molecule has 4 nitrogen and oxygen atoms in total. The Bertz CT molecular complexity index is 540. The van der Waals surface area contributed by atoms with E-state index in [9.17, 15) is 0 Å². The van der Waals surface area contributed by atoms with Crippen molar-refractivity contribution < 1.29 is 4.74 Å². The molecule has 4 heteroatoms. The third-order valence-electron chi connectivity index (χ3n) is 2.86. The van der Waals surface area contributed by atoms with Crippen molar-refractivity contribution in [3.63, 3.8) is 0 Å². The molecule has 0 saturated carbocycles. The molecule has 19 heavy (non-hydrogen) atoms. The summed E-state index contributed by atoms with van der Waals surface area (Å²) in [6.07, 6.45) is 3.70. The van der Waals surface area contributed by atoms with E-state index in [0.717, 1.165) is 23.7 Å². The molecule has 0 aliphatic carbocycles. The summed E-state index contributed by atoms with van der Waals surface area (Å²) in [5, 5.41) is 3.47. The summed E-state index contributed by atoms with van der Waals surface area (Å²) in [6.45, 7) is 7.21. The van der Waals surface area contributed by atoms with Crippen molar-refractivity contribution in [3.05, 3.63) is 42.5 Å². The summed E-state index contributed by atoms with van der Waals surface area (Å²) < 4.78 is 7.45. The third-order valence-corrected chi connectivity index (χ3v) is 2.86. The van der Waals surface area contributed by atoms with Crippen LogP contribution in [0.15, 0.2) is 36.8 Å². The smallest absolute Gasteiger partial charge is 0.142 e. The molecule has 0 amide bonds. The van der Waals surface area contributed by atoms with E-state index >= 15 is 0 Å². The van der Waals surface area contributed by atoms with Crippen LogP contribution in [0, 0.1) is 0 Å². The summed E-state index contributed by atoms with van der Waals surface area (Å²) in [7, 11) is 1.68. The number of aromatic nitrogens is 2. The average Bonchev–Trinajstić information content (AvgIpc) is 2.83. The van der Waals surface area contributed by atoms with Crippen molar-refractivity contribution in [3.8, 4) is 11.4 Å². The molecule has 1 aromatic carbocycles. The fraction of sp³-hybridized carbons (Fsp3) is 0.400. The van der Waals surface area contributed by atoms with Gasteiger partial charge in [-0.15, -0.1) is 0 Å². The van der Waals surface area contributed by atoms with E-state index in [1.54, 1.807) is 7.11 Å². The summed E-state index contributed by atoms with van der Waals surface area (Å²) in [5.74, 6) is 0.845. The number of ether oxygens (including phenoxy) is 1. The van der Waals surface area contributed by atoms with Crippen molar-refractivity contribution in [2.45, 2.75) is 32.9 Å². The molecule has 0 aliphatic heterocycles. The van der Waals surface area contributed by atoms with Crippen LogP contribution < -0.4 is 10.1 Å². The van der Waals surface area contributed by atoms with Gasteiger partial charge >= 0.3 is 0 Å². The number of imidazole rings is 1. The predicted octanol–water partition coefficient (Wildman–Crippen LogP) is 2.77. The molecule has 0 radical (unpaired) electrons. The lowest BCUT2D eigenvalue weighted by atomic mass is 10.1. The minimum atomic E-state index is 0.0792. The molecule has 2 rings (SSSR count). The van der Waals surface area contributed by atoms with E-state index in [4.69, 9.17) is 4.74 Å². The minimum absolute atomic E-state index is 0.0792. The van der Waals surface area contributed by atoms with Gasteiger partial charge in [0.2, 0.25) is 0 Å². The van der Waals surface area contributed by atoms with Gasteiger partial charge in [-0.05, 0) is 32.9 Å². The first-order valence-electron chi connectivity index (χ1n) is 6.41. The van der Waals surface area contributed by atoms with Crippen LogP contribution in [-0.4, -0.2) is 22.2 Å². The fourth-order valence-electron chi connectivity index (χ4n) is 1.85. The normalized spacial score (nSPS) is 11.6. The molecule has 0 spiro atoms. The average molecular weight is 259 g/mol. The van der Waals surface area contributed by atoms with E-state index < -0.39 is 0 Å². The second-order valence-electron chi connectivity index (χ2n) is 5.53. The Morgan fingerprint density at radius 3 is 2.68 bits per heavy atom. The maximum Gasteiger partial charge on any atom is 0.142 e. The van der Waals surface area contributed by atoms with Crippen LogP contribution in [0.25, 0.3) is 5.69 Å². The van der Waals surface area contributed by atoms with Crippen molar-refractivity contribution >= 4 is 0 Å². The van der Waals surface area contributed by atoms with Crippen LogP contribution in [0.1, 0.15) is 26.5 Å². The van der Waals surface area contributed by atoms with Gasteiger partial charge in [0, 0.05) is 18.3 Å². The van der Waals surface area contributed by atoms with Crippen LogP contribution in [0.4, 0.5) is 0 Å². The minimum Gasteiger partial charge on any atom is -0.495 e. The molecular formula is C15H21N3O. The number of nitrogens with one attached hydrogen (secondary N) is 1. The first-order chi connectivity index (χ1) is 9.01. The van der Waals surface area contributed by atoms with Gasteiger partial charge in [-0.2, -0.15) is 0 Å². The SMILES string of the molecule is COc1ccccc1-n1cncc1CNC(C)(C)C. The van der Waals surface area contributed by atoms with Crippen LogP contribution in [0.2, 0.25) is 0 Å². The number of para-hydroxylation sites is 2. The Labute approximate surface area is 114 Å². The monoisotopic (exact) mass is 259 g/mol. The van der Waals surface area contributed by atoms with Crippen LogP contribution in [0.3, 0.4) is 0 Å². The van der Waals surface area contributed by atoms with E-state index in [1.807, 2.05) is 36.8 Å². The second kappa shape index (κ2) is 5.45. The lowest BCUT2D eigenvalue weighted by Crippen LogP contribution is -2.35. The molecule has 1 aromatic heterocycles. The molecule has 2 aromatic rings. The molecular weight excluding hydrogens is 238 g/mol. The van der Waals surface area contributed by atoms with Gasteiger partial charge in [0.25, 0.3) is 0 Å². The first kappa shape index (κ1) is 13.6. The van der Waals surface area contributed by atoms with Gasteiger partial charge in [0.15, 0.2) is 0 Å². The standard InChI is InChI=1S/C15H21N3O/c1-15(2,3)17-10-12-9-16-11-18(12)13-7-5-6-8-14(13)19-4/h5-9,11,17H,10H2,1-4H3. The van der Waals surface area contributed by atoms with Crippen LogP contribution in [-0.2, 0) is 6.54 Å². The van der Waals surface area contributed by atoms with E-state index in [0.29, 0.717) is 0 Å². The molecule has 0 bridgehead atoms. The van der Waals surface area contributed by atoms with Gasteiger partial charge < -0.3 is 10.1 Å². The topological polar surface area (TPSA) is 39.1 Å². The van der Waals surface area contributed by atoms with Crippen LogP contribution in [0.5, 0.6) is 5.75 Å². The highest BCUT2D eigenvalue weighted by molar-refractivity contribution is 5.47. The molecule has 0 fully saturated rings. The largest absolute Gasteiger partial charge is 0.495 e. The van der Waals surface area contributed by atoms with E-state index in [1.165, 1.54) is 0 Å². The number of hydrogen-bond donors (Lipinski definition) is 1. The Balaban J connectivity index is 2.29. The Hall–Kier alpha value is -1.81. The molecule has 1 N–H and O–H groups in total. The molecule has 0 aliphatic rings. The van der Waals surface area contributed by atoms with Crippen molar-refractivity contribution in [2.75, 3.05) is 7.11 Å². The molecule has 0 atom stereocenters. The summed E-state index contributed by atoms with van der Waals surface area (Å²) in [4.78, 5) is 4.24. The number of rotatable bonds is 4. The Morgan fingerprint density at radius 1 is 1.26 bits per heavy atom. The Kier molecular flexibility index (Phi) is 3.90. The maximum absolute atomic E-state index is 5.40.